The van der Waals surface area contributed by atoms with Crippen LogP contribution in [0.15, 0.2) is 30.5 Å². The monoisotopic (exact) mass is 532 g/mol. The van der Waals surface area contributed by atoms with E-state index in [-0.39, 0.29) is 17.7 Å². The first kappa shape index (κ1) is 25.8. The molecule has 1 amide bonds. The highest BCUT2D eigenvalue weighted by Crippen LogP contribution is 2.52. The maximum Gasteiger partial charge on any atom is 0.311 e. The van der Waals surface area contributed by atoms with E-state index >= 15 is 0 Å². The smallest absolute Gasteiger partial charge is 0.311 e. The SMILES string of the molecule is [C-]#[N+]N1C[C@@H]2CC[C@H](O)[C@H](C(=O)OC)[C@H]2C[C@H]1[C@@]1(CCn2cc(C3CCCC3)nn2)C(=O)Nc2ccccc21. The third-order valence-electron chi connectivity index (χ3n) is 9.89. The summed E-state index contributed by atoms with van der Waals surface area (Å²) in [7, 11) is 1.35. The summed E-state index contributed by atoms with van der Waals surface area (Å²) in [6, 6.07) is 7.22. The lowest BCUT2D eigenvalue weighted by Crippen LogP contribution is -2.60. The number of aromatic nitrogens is 3. The summed E-state index contributed by atoms with van der Waals surface area (Å²) in [5, 5.41) is 24.5. The van der Waals surface area contributed by atoms with E-state index < -0.39 is 29.4 Å². The Balaban J connectivity index is 1.36. The molecule has 2 saturated carbocycles. The summed E-state index contributed by atoms with van der Waals surface area (Å²) in [5.41, 5.74) is 1.62. The van der Waals surface area contributed by atoms with Crippen LogP contribution in [0.2, 0.25) is 0 Å². The first-order valence-corrected chi connectivity index (χ1v) is 14.2. The molecule has 206 valence electrons. The van der Waals surface area contributed by atoms with Crippen LogP contribution in [0, 0.1) is 24.3 Å². The van der Waals surface area contributed by atoms with Gasteiger partial charge in [0.05, 0.1) is 31.4 Å². The van der Waals surface area contributed by atoms with E-state index in [1.54, 1.807) is 5.01 Å². The molecule has 2 aromatic rings. The molecule has 2 N–H and O–H groups in total. The van der Waals surface area contributed by atoms with Crippen molar-refractivity contribution in [3.05, 3.63) is 53.2 Å². The number of aliphatic hydroxyl groups is 1. The van der Waals surface area contributed by atoms with E-state index in [0.29, 0.717) is 38.3 Å². The Labute approximate surface area is 228 Å². The van der Waals surface area contributed by atoms with Gasteiger partial charge in [-0.15, -0.1) is 10.1 Å². The third-order valence-corrected chi connectivity index (χ3v) is 9.89. The Hall–Kier alpha value is -3.45. The van der Waals surface area contributed by atoms with Gasteiger partial charge >= 0.3 is 5.97 Å². The van der Waals surface area contributed by atoms with Crippen molar-refractivity contribution in [3.8, 4) is 0 Å². The number of para-hydroxylation sites is 1. The fourth-order valence-corrected chi connectivity index (χ4v) is 7.91. The van der Waals surface area contributed by atoms with Gasteiger partial charge in [0.15, 0.2) is 0 Å². The van der Waals surface area contributed by atoms with Crippen LogP contribution >= 0.6 is 0 Å². The molecule has 4 aliphatic rings. The number of hydrogen-bond donors (Lipinski definition) is 2. The van der Waals surface area contributed by atoms with Gasteiger partial charge in [0.25, 0.3) is 0 Å². The standard InChI is InChI=1S/C29H36N6O4/c1-30-35-16-19-11-12-24(36)26(27(37)39-2)20(19)15-25(35)29(21-9-5-6-10-22(21)31-28(29)38)13-14-34-17-23(32-33-34)18-7-3-4-8-18/h5-6,9-10,17-20,24-26,36H,3-4,7-8,11-16H2,2H3,(H,31,38)/t19-,20-,24-,25-,26+,29-/m0/s1. The normalized spacial score (nSPS) is 32.3. The van der Waals surface area contributed by atoms with Crippen LogP contribution in [-0.2, 0) is 26.3 Å². The topological polar surface area (TPSA) is 114 Å². The van der Waals surface area contributed by atoms with E-state index in [9.17, 15) is 14.7 Å². The first-order valence-electron chi connectivity index (χ1n) is 14.2. The number of amides is 1. The zero-order valence-corrected chi connectivity index (χ0v) is 22.3. The molecule has 6 atom stereocenters. The van der Waals surface area contributed by atoms with Gasteiger partial charge in [-0.05, 0) is 62.0 Å². The Morgan fingerprint density at radius 3 is 2.82 bits per heavy atom. The minimum absolute atomic E-state index is 0.0730. The Morgan fingerprint density at radius 2 is 2.05 bits per heavy atom. The fraction of sp³-hybridized carbons (Fsp3) is 0.621. The number of rotatable bonds is 6. The molecular weight excluding hydrogens is 496 g/mol. The minimum atomic E-state index is -1.02. The van der Waals surface area contributed by atoms with Gasteiger partial charge in [-0.3, -0.25) is 14.3 Å². The van der Waals surface area contributed by atoms with Crippen LogP contribution < -0.4 is 5.32 Å². The number of fused-ring (bicyclic) bond motifs is 2. The molecule has 1 aromatic heterocycles. The molecule has 39 heavy (non-hydrogen) atoms. The molecule has 2 aliphatic carbocycles. The largest absolute Gasteiger partial charge is 0.469 e. The molecule has 0 unspecified atom stereocenters. The number of piperidine rings is 1. The van der Waals surface area contributed by atoms with Gasteiger partial charge in [0, 0.05) is 24.3 Å². The van der Waals surface area contributed by atoms with Gasteiger partial charge in [0.2, 0.25) is 5.91 Å². The average molecular weight is 533 g/mol. The number of ether oxygens (including phenoxy) is 1. The molecule has 3 fully saturated rings. The second-order valence-electron chi connectivity index (χ2n) is 11.7. The summed E-state index contributed by atoms with van der Waals surface area (Å²) >= 11 is 0. The highest BCUT2D eigenvalue weighted by molar-refractivity contribution is 6.07. The number of carbonyl (C=O) groups excluding carboxylic acids is 2. The summed E-state index contributed by atoms with van der Waals surface area (Å²) in [6.45, 7) is 9.01. The molecule has 10 nitrogen and oxygen atoms in total. The highest BCUT2D eigenvalue weighted by atomic mass is 16.5. The van der Waals surface area contributed by atoms with Crippen molar-refractivity contribution in [3.63, 3.8) is 0 Å². The Morgan fingerprint density at radius 1 is 1.26 bits per heavy atom. The fourth-order valence-electron chi connectivity index (χ4n) is 7.91. The van der Waals surface area contributed by atoms with Crippen LogP contribution in [0.5, 0.6) is 0 Å². The van der Waals surface area contributed by atoms with Crippen molar-refractivity contribution in [1.82, 2.24) is 20.0 Å². The third kappa shape index (κ3) is 4.27. The van der Waals surface area contributed by atoms with E-state index in [0.717, 1.165) is 36.2 Å². The number of carbonyl (C=O) groups is 2. The second-order valence-corrected chi connectivity index (χ2v) is 11.7. The lowest BCUT2D eigenvalue weighted by molar-refractivity contribution is -0.160. The van der Waals surface area contributed by atoms with Crippen molar-refractivity contribution in [2.24, 2.45) is 17.8 Å². The van der Waals surface area contributed by atoms with Crippen LogP contribution in [0.25, 0.3) is 4.95 Å². The van der Waals surface area contributed by atoms with E-state index in [4.69, 9.17) is 11.3 Å². The number of hydrogen-bond acceptors (Lipinski definition) is 7. The molecule has 3 heterocycles. The average Bonchev–Trinajstić information content (AvgIpc) is 3.70. The minimum Gasteiger partial charge on any atom is -0.469 e. The molecule has 0 radical (unpaired) electrons. The van der Waals surface area contributed by atoms with Gasteiger partial charge in [-0.2, -0.15) is 11.5 Å². The predicted octanol–water partition coefficient (Wildman–Crippen LogP) is 3.30. The quantitative estimate of drug-likeness (QED) is 0.433. The maximum atomic E-state index is 14.0. The van der Waals surface area contributed by atoms with E-state index in [1.165, 1.54) is 20.0 Å². The van der Waals surface area contributed by atoms with E-state index in [1.807, 2.05) is 35.1 Å². The van der Waals surface area contributed by atoms with Gasteiger partial charge < -0.3 is 15.2 Å². The number of aliphatic hydroxyl groups excluding tert-OH is 1. The number of anilines is 1. The van der Waals surface area contributed by atoms with Gasteiger partial charge in [-0.25, -0.2) is 0 Å². The Bertz CT molecular complexity index is 1280. The lowest BCUT2D eigenvalue weighted by Gasteiger charge is -2.49. The number of esters is 1. The van der Waals surface area contributed by atoms with Crippen molar-refractivity contribution in [2.45, 2.75) is 81.4 Å². The number of methoxy groups -OCH3 is 1. The van der Waals surface area contributed by atoms with Crippen LogP contribution in [0.4, 0.5) is 5.69 Å². The molecule has 0 spiro atoms. The molecule has 1 aromatic carbocycles. The summed E-state index contributed by atoms with van der Waals surface area (Å²) in [6.07, 6.45) is 8.04. The summed E-state index contributed by atoms with van der Waals surface area (Å²) in [5.74, 6) is -0.873. The second kappa shape index (κ2) is 10.3. The molecular formula is C29H36N6O4. The lowest BCUT2D eigenvalue weighted by atomic mass is 9.60. The van der Waals surface area contributed by atoms with Crippen LogP contribution in [0.1, 0.15) is 68.5 Å². The first-order chi connectivity index (χ1) is 19.0. The van der Waals surface area contributed by atoms with Crippen molar-refractivity contribution >= 4 is 17.6 Å². The van der Waals surface area contributed by atoms with Crippen molar-refractivity contribution in [2.75, 3.05) is 19.0 Å². The number of benzene rings is 1. The van der Waals surface area contributed by atoms with Crippen molar-refractivity contribution in [1.29, 1.82) is 0 Å². The predicted molar refractivity (Wildman–Crippen MR) is 142 cm³/mol. The van der Waals surface area contributed by atoms with Gasteiger partial charge in [0.1, 0.15) is 11.5 Å². The molecule has 6 rings (SSSR count). The summed E-state index contributed by atoms with van der Waals surface area (Å²) in [4.78, 5) is 30.8. The van der Waals surface area contributed by atoms with Crippen LogP contribution in [-0.4, -0.2) is 62.8 Å². The van der Waals surface area contributed by atoms with E-state index in [2.05, 4.69) is 20.6 Å². The van der Waals surface area contributed by atoms with Gasteiger partial charge in [-0.1, -0.05) is 36.3 Å². The Kier molecular flexibility index (Phi) is 6.79. The zero-order valence-electron chi connectivity index (χ0n) is 22.3. The zero-order chi connectivity index (χ0) is 27.1. The number of aryl methyl sites for hydroxylation is 1. The molecule has 10 heteroatoms. The summed E-state index contributed by atoms with van der Waals surface area (Å²) < 4.78 is 6.94. The molecule has 2 aliphatic heterocycles. The number of nitrogens with zero attached hydrogens (tertiary/aromatic N) is 5. The van der Waals surface area contributed by atoms with Crippen LogP contribution in [0.3, 0.4) is 0 Å². The maximum absolute atomic E-state index is 14.0. The number of nitrogens with one attached hydrogen (secondary N) is 1. The molecule has 1 saturated heterocycles. The van der Waals surface area contributed by atoms with Crippen molar-refractivity contribution < 1.29 is 19.4 Å². The molecule has 0 bridgehead atoms. The highest BCUT2D eigenvalue weighted by Gasteiger charge is 2.60.